The maximum absolute atomic E-state index is 16.8. The van der Waals surface area contributed by atoms with Crippen molar-refractivity contribution in [2.75, 3.05) is 54.5 Å². The number of aryl methyl sites for hydroxylation is 1. The summed E-state index contributed by atoms with van der Waals surface area (Å²) in [6.07, 6.45) is 2.29. The highest BCUT2D eigenvalue weighted by Gasteiger charge is 2.48. The largest absolute Gasteiger partial charge is 0.464 e. The smallest absolute Gasteiger partial charge is 0.323 e. The van der Waals surface area contributed by atoms with Gasteiger partial charge in [0.05, 0.1) is 39.9 Å². The lowest BCUT2D eigenvalue weighted by atomic mass is 9.84. The highest BCUT2D eigenvalue weighted by Crippen LogP contribution is 2.42. The van der Waals surface area contributed by atoms with Crippen molar-refractivity contribution < 1.29 is 37.8 Å². The molecule has 2 aromatic heterocycles. The molecule has 15 nitrogen and oxygen atoms in total. The average molecular weight is 1030 g/mol. The van der Waals surface area contributed by atoms with Crippen LogP contribution < -0.4 is 10.7 Å². The number of cyclic esters (lactones) is 1. The number of likely N-dealkylation sites (tertiary alicyclic amines) is 1. The van der Waals surface area contributed by atoms with Crippen LogP contribution in [0.2, 0.25) is 0 Å². The van der Waals surface area contributed by atoms with Crippen molar-refractivity contribution in [3.8, 4) is 34.2 Å². The summed E-state index contributed by atoms with van der Waals surface area (Å²) in [5.41, 5.74) is 7.12. The average Bonchev–Trinajstić information content (AvgIpc) is 3.67. The summed E-state index contributed by atoms with van der Waals surface area (Å²) in [5.74, 6) is 2.10. The lowest BCUT2D eigenvalue weighted by molar-refractivity contribution is -0.158. The standard InChI is InChI=1S/C57H74FN8O7Si/c1-13-65-45-21-20-40-33-42(45)43(49(65)41-19-15-27-59-47(41)37(4)72-12)34-54(5,6)35-73-53(71)57(74)23-16-28-66(61-57)51(69)44(32-38-17-14-18-39(40)31-38)60-50(68)48(36(2)3)63(11)52(70)56(58)25-29-64(30-26-56)46(67)22-24-55(7,8)62(9)10/h14-15,17-21,27,31,33,36-37,44,48,61H,13,16,23,25-26,28-30,32,34-35H2,1-12H3,(H,60,68)/t37-,44-,48-,57-/m0/s1. The summed E-state index contributed by atoms with van der Waals surface area (Å²) in [5, 5.41) is 3.90. The van der Waals surface area contributed by atoms with E-state index in [-0.39, 0.29) is 51.6 Å². The molecule has 5 heterocycles. The molecule has 0 spiro atoms. The highest BCUT2D eigenvalue weighted by molar-refractivity contribution is 6.27. The van der Waals surface area contributed by atoms with Gasteiger partial charge in [-0.1, -0.05) is 63.9 Å². The van der Waals surface area contributed by atoms with Crippen LogP contribution in [0.4, 0.5) is 4.39 Å². The third-order valence-electron chi connectivity index (χ3n) is 15.2. The topological polar surface area (TPSA) is 159 Å². The molecule has 0 unspecified atom stereocenters. The van der Waals surface area contributed by atoms with E-state index >= 15 is 4.39 Å². The number of methoxy groups -OCH3 is 1. The van der Waals surface area contributed by atoms with E-state index in [1.54, 1.807) is 27.2 Å². The van der Waals surface area contributed by atoms with Crippen molar-refractivity contribution in [2.45, 2.75) is 135 Å². The number of carbonyl (C=O) groups is 5. The molecule has 7 rings (SSSR count). The summed E-state index contributed by atoms with van der Waals surface area (Å²) < 4.78 is 31.1. The second kappa shape index (κ2) is 22.1. The summed E-state index contributed by atoms with van der Waals surface area (Å²) in [7, 11) is 10.5. The zero-order valence-corrected chi connectivity index (χ0v) is 46.3. The van der Waals surface area contributed by atoms with Gasteiger partial charge in [-0.3, -0.25) is 38.9 Å². The number of nitrogens with zero attached hydrogens (tertiary/aromatic N) is 6. The molecule has 2 N–H and O–H groups in total. The number of hydrazine groups is 1. The van der Waals surface area contributed by atoms with Crippen LogP contribution in [0.5, 0.6) is 0 Å². The Kier molecular flexibility index (Phi) is 16.7. The van der Waals surface area contributed by atoms with E-state index in [0.717, 1.165) is 55.0 Å². The maximum atomic E-state index is 16.8. The van der Waals surface area contributed by atoms with E-state index in [4.69, 9.17) is 14.5 Å². The van der Waals surface area contributed by atoms with Crippen molar-refractivity contribution in [1.29, 1.82) is 0 Å². The molecule has 3 aliphatic rings. The monoisotopic (exact) mass is 1030 g/mol. The molecule has 6 bridgehead atoms. The van der Waals surface area contributed by atoms with Crippen LogP contribution in [0, 0.1) is 23.2 Å². The molecule has 2 saturated heterocycles. The summed E-state index contributed by atoms with van der Waals surface area (Å²) in [6.45, 7) is 16.5. The number of ether oxygens (including phenoxy) is 2. The highest BCUT2D eigenvalue weighted by atomic mass is 28.1. The molecule has 4 aromatic rings. The van der Waals surface area contributed by atoms with Gasteiger partial charge in [0.15, 0.2) is 5.67 Å². The Morgan fingerprint density at radius 3 is 2.38 bits per heavy atom. The molecule has 0 aliphatic carbocycles. The number of rotatable bonds is 10. The van der Waals surface area contributed by atoms with Gasteiger partial charge in [0.1, 0.15) is 17.2 Å². The summed E-state index contributed by atoms with van der Waals surface area (Å²) >= 11 is 0. The Hall–Kier alpha value is -5.93. The number of hydrogen-bond donors (Lipinski definition) is 2. The summed E-state index contributed by atoms with van der Waals surface area (Å²) in [4.78, 5) is 80.5. The molecule has 74 heavy (non-hydrogen) atoms. The predicted molar refractivity (Wildman–Crippen MR) is 285 cm³/mol. The van der Waals surface area contributed by atoms with Crippen molar-refractivity contribution in [3.05, 3.63) is 77.6 Å². The van der Waals surface area contributed by atoms with Gasteiger partial charge in [0.2, 0.25) is 5.91 Å². The van der Waals surface area contributed by atoms with Crippen LogP contribution in [-0.4, -0.2) is 152 Å². The van der Waals surface area contributed by atoms with Crippen LogP contribution in [0.1, 0.15) is 104 Å². The Labute approximate surface area is 439 Å². The van der Waals surface area contributed by atoms with Gasteiger partial charge >= 0.3 is 5.97 Å². The van der Waals surface area contributed by atoms with Crippen molar-refractivity contribution in [1.82, 2.24) is 40.0 Å². The van der Waals surface area contributed by atoms with E-state index in [1.807, 2.05) is 70.1 Å². The number of fused-ring (bicyclic) bond motifs is 6. The van der Waals surface area contributed by atoms with Crippen molar-refractivity contribution >= 4 is 50.7 Å². The molecule has 395 valence electrons. The minimum Gasteiger partial charge on any atom is -0.464 e. The first-order valence-corrected chi connectivity index (χ1v) is 26.3. The van der Waals surface area contributed by atoms with Gasteiger partial charge in [0, 0.05) is 87.7 Å². The van der Waals surface area contributed by atoms with Gasteiger partial charge in [-0.15, -0.1) is 0 Å². The Morgan fingerprint density at radius 2 is 1.72 bits per heavy atom. The second-order valence-corrected chi connectivity index (χ2v) is 23.0. The first kappa shape index (κ1) is 55.8. The maximum Gasteiger partial charge on any atom is 0.323 e. The number of piperidine rings is 1. The zero-order chi connectivity index (χ0) is 54.1. The third kappa shape index (κ3) is 11.6. The molecular weight excluding hydrogens is 956 g/mol. The number of alkyl halides is 1. The molecule has 4 atom stereocenters. The number of benzene rings is 2. The number of amides is 4. The van der Waals surface area contributed by atoms with Gasteiger partial charge in [-0.25, -0.2) is 9.82 Å². The number of likely N-dealkylation sites (N-methyl/N-ethyl adjacent to an activating group) is 1. The van der Waals surface area contributed by atoms with Gasteiger partial charge in [-0.2, -0.15) is 0 Å². The Balaban J connectivity index is 1.24. The quantitative estimate of drug-likeness (QED) is 0.104. The van der Waals surface area contributed by atoms with Gasteiger partial charge in [0.25, 0.3) is 17.7 Å². The fraction of sp³-hybridized carbons (Fsp3) is 0.544. The number of carbonyl (C=O) groups excluding carboxylic acids is 5. The third-order valence-corrected chi connectivity index (χ3v) is 15.8. The van der Waals surface area contributed by atoms with Crippen LogP contribution in [0.25, 0.3) is 33.3 Å². The van der Waals surface area contributed by atoms with E-state index in [2.05, 4.69) is 82.4 Å². The minimum absolute atomic E-state index is 0.0226. The number of nitrogens with one attached hydrogen (secondary N) is 2. The number of halogens is 1. The van der Waals surface area contributed by atoms with Crippen LogP contribution in [0.3, 0.4) is 0 Å². The fourth-order valence-corrected chi connectivity index (χ4v) is 10.7. The van der Waals surface area contributed by atoms with E-state index < -0.39 is 69.4 Å². The Morgan fingerprint density at radius 1 is 1.01 bits per heavy atom. The molecule has 17 heteroatoms. The Bertz CT molecular complexity index is 2840. The molecule has 3 radical (unpaired) electrons. The zero-order valence-electron chi connectivity index (χ0n) is 45.3. The lowest BCUT2D eigenvalue weighted by Gasteiger charge is -2.42. The second-order valence-electron chi connectivity index (χ2n) is 22.2. The van der Waals surface area contributed by atoms with E-state index in [1.165, 1.54) is 17.0 Å². The van der Waals surface area contributed by atoms with Crippen LogP contribution in [0.15, 0.2) is 60.8 Å². The molecule has 3 aliphatic heterocycles. The number of esters is 1. The number of hydrogen-bond acceptors (Lipinski definition) is 10. The fourth-order valence-electron chi connectivity index (χ4n) is 10.3. The minimum atomic E-state index is -2.35. The van der Waals surface area contributed by atoms with Crippen LogP contribution in [-0.2, 0) is 52.8 Å². The molecular formula is C57H74FN8O7Si. The predicted octanol–water partition coefficient (Wildman–Crippen LogP) is 6.40. The number of aromatic nitrogens is 2. The first-order valence-electron chi connectivity index (χ1n) is 25.8. The van der Waals surface area contributed by atoms with Crippen LogP contribution >= 0.6 is 0 Å². The molecule has 2 fully saturated rings. The summed E-state index contributed by atoms with van der Waals surface area (Å²) in [6, 6.07) is 15.9. The van der Waals surface area contributed by atoms with Crippen molar-refractivity contribution in [3.63, 3.8) is 0 Å². The van der Waals surface area contributed by atoms with E-state index in [0.29, 0.717) is 25.8 Å². The van der Waals surface area contributed by atoms with Gasteiger partial charge in [-0.05, 0) is 119 Å². The lowest BCUT2D eigenvalue weighted by Crippen LogP contribution is -2.68. The number of pyridine rings is 1. The molecule has 0 saturated carbocycles. The van der Waals surface area contributed by atoms with E-state index in [9.17, 15) is 24.0 Å². The van der Waals surface area contributed by atoms with Gasteiger partial charge < -0.3 is 29.2 Å². The van der Waals surface area contributed by atoms with Crippen molar-refractivity contribution in [2.24, 2.45) is 11.3 Å². The first-order chi connectivity index (χ1) is 34.8. The normalized spacial score (nSPS) is 21.1. The SMILES string of the molecule is CCn1c(-c2cccnc2[C@H](C)OC)c2c3cc(ccc31)-c1cccc(c1)C[C@H](NC(=O)[C@H](C(C)C)N(C)C(=O)C1(F)CCN(C(=O)C#CC(C)(C)N(C)C)CC1)C(=O)N1CCC[C@@]([Si])(N1)C(=O)OCC(C)(C)C2. The molecule has 2 aromatic carbocycles. The molecule has 4 amide bonds.